The van der Waals surface area contributed by atoms with Gasteiger partial charge in [-0.1, -0.05) is 45.0 Å². The Bertz CT molecular complexity index is 1640. The number of aliphatic hydroxyl groups is 1. The molecule has 0 radical (unpaired) electrons. The molecular formula is C31H35N7O3. The molecule has 1 atom stereocenters. The highest BCUT2D eigenvalue weighted by Gasteiger charge is 2.23. The van der Waals surface area contributed by atoms with Gasteiger partial charge in [0.1, 0.15) is 11.5 Å². The van der Waals surface area contributed by atoms with E-state index in [0.717, 1.165) is 16.7 Å². The molecule has 0 bridgehead atoms. The van der Waals surface area contributed by atoms with Crippen LogP contribution in [0.1, 0.15) is 48.7 Å². The molecule has 0 saturated carbocycles. The highest BCUT2D eigenvalue weighted by Crippen LogP contribution is 2.29. The van der Waals surface area contributed by atoms with Crippen LogP contribution in [0.2, 0.25) is 0 Å². The van der Waals surface area contributed by atoms with Crippen molar-refractivity contribution >= 4 is 29.0 Å². The third-order valence-electron chi connectivity index (χ3n) is 7.29. The molecule has 212 valence electrons. The fourth-order valence-electron chi connectivity index (χ4n) is 4.83. The van der Waals surface area contributed by atoms with Gasteiger partial charge in [-0.3, -0.25) is 9.59 Å². The second kappa shape index (κ2) is 11.1. The Hall–Kier alpha value is -4.57. The molecule has 2 aromatic carbocycles. The Morgan fingerprint density at radius 2 is 1.83 bits per heavy atom. The number of β-amino-alcohol motifs (C(OH)–C–C–N with tert-alkyl or cyclic N) is 1. The number of anilines is 4. The molecule has 1 unspecified atom stereocenters. The van der Waals surface area contributed by atoms with E-state index in [-0.39, 0.29) is 16.9 Å². The lowest BCUT2D eigenvalue weighted by Crippen LogP contribution is -2.24. The molecule has 3 heterocycles. The summed E-state index contributed by atoms with van der Waals surface area (Å²) in [4.78, 5) is 36.8. The Balaban J connectivity index is 1.40. The van der Waals surface area contributed by atoms with Crippen molar-refractivity contribution in [1.29, 1.82) is 0 Å². The summed E-state index contributed by atoms with van der Waals surface area (Å²) < 4.78 is 1.28. The highest BCUT2D eigenvalue weighted by atomic mass is 16.3. The number of rotatable bonds is 6. The summed E-state index contributed by atoms with van der Waals surface area (Å²) in [6.45, 7) is 9.46. The molecule has 1 aliphatic heterocycles. The predicted molar refractivity (Wildman–Crippen MR) is 161 cm³/mol. The van der Waals surface area contributed by atoms with Crippen LogP contribution in [0.3, 0.4) is 0 Å². The first-order valence-corrected chi connectivity index (χ1v) is 13.6. The first kappa shape index (κ1) is 28.0. The molecule has 2 aromatic heterocycles. The van der Waals surface area contributed by atoms with E-state index in [4.69, 9.17) is 0 Å². The minimum Gasteiger partial charge on any atom is -0.391 e. The second-order valence-corrected chi connectivity index (χ2v) is 11.4. The van der Waals surface area contributed by atoms with E-state index in [1.807, 2.05) is 54.3 Å². The lowest BCUT2D eigenvalue weighted by atomic mass is 9.86. The van der Waals surface area contributed by atoms with Crippen LogP contribution in [-0.4, -0.2) is 50.0 Å². The SMILES string of the molecule is Cc1c(NC(=O)c2ccc(C(C)(C)C)cc2)cccc1-c1cc(Nc2ccnc(N3CCC(O)C3)n2)c(=O)n(C)n1. The van der Waals surface area contributed by atoms with Gasteiger partial charge in [0.05, 0.1) is 11.8 Å². The number of hydrogen-bond donors (Lipinski definition) is 3. The maximum atomic E-state index is 13.1. The lowest BCUT2D eigenvalue weighted by Gasteiger charge is -2.19. The number of aliphatic hydroxyl groups excluding tert-OH is 1. The van der Waals surface area contributed by atoms with Gasteiger partial charge in [-0.2, -0.15) is 10.1 Å². The molecule has 5 rings (SSSR count). The van der Waals surface area contributed by atoms with Crippen molar-refractivity contribution in [2.45, 2.75) is 45.6 Å². The summed E-state index contributed by atoms with van der Waals surface area (Å²) >= 11 is 0. The third-order valence-corrected chi connectivity index (χ3v) is 7.29. The zero-order valence-electron chi connectivity index (χ0n) is 24.0. The van der Waals surface area contributed by atoms with E-state index >= 15 is 0 Å². The first-order valence-electron chi connectivity index (χ1n) is 13.6. The zero-order valence-corrected chi connectivity index (χ0v) is 24.0. The van der Waals surface area contributed by atoms with Gasteiger partial charge in [0.25, 0.3) is 11.5 Å². The van der Waals surface area contributed by atoms with Crippen molar-refractivity contribution in [1.82, 2.24) is 19.7 Å². The van der Waals surface area contributed by atoms with E-state index in [9.17, 15) is 14.7 Å². The molecule has 4 aromatic rings. The van der Waals surface area contributed by atoms with Crippen molar-refractivity contribution in [3.63, 3.8) is 0 Å². The summed E-state index contributed by atoms with van der Waals surface area (Å²) in [5.74, 6) is 0.748. The number of carbonyl (C=O) groups excluding carboxylic acids is 1. The molecule has 1 saturated heterocycles. The van der Waals surface area contributed by atoms with Crippen molar-refractivity contribution in [3.8, 4) is 11.3 Å². The third kappa shape index (κ3) is 6.12. The lowest BCUT2D eigenvalue weighted by molar-refractivity contribution is 0.102. The molecule has 0 aliphatic carbocycles. The van der Waals surface area contributed by atoms with Gasteiger partial charge in [-0.15, -0.1) is 0 Å². The van der Waals surface area contributed by atoms with Crippen molar-refractivity contribution in [2.75, 3.05) is 28.6 Å². The maximum Gasteiger partial charge on any atom is 0.290 e. The van der Waals surface area contributed by atoms with Crippen LogP contribution in [-0.2, 0) is 12.5 Å². The molecule has 3 N–H and O–H groups in total. The number of hydrogen-bond acceptors (Lipinski definition) is 8. The van der Waals surface area contributed by atoms with E-state index < -0.39 is 6.10 Å². The Morgan fingerprint density at radius 3 is 2.51 bits per heavy atom. The quantitative estimate of drug-likeness (QED) is 0.321. The predicted octanol–water partition coefficient (Wildman–Crippen LogP) is 4.41. The number of nitrogens with zero attached hydrogens (tertiary/aromatic N) is 5. The van der Waals surface area contributed by atoms with Gasteiger partial charge in [0.2, 0.25) is 5.95 Å². The minimum atomic E-state index is -0.400. The summed E-state index contributed by atoms with van der Waals surface area (Å²) in [7, 11) is 1.59. The number of carbonyl (C=O) groups is 1. The fraction of sp³-hybridized carbons (Fsp3) is 0.323. The van der Waals surface area contributed by atoms with Gasteiger partial charge >= 0.3 is 0 Å². The second-order valence-electron chi connectivity index (χ2n) is 11.4. The Labute approximate surface area is 239 Å². The molecular weight excluding hydrogens is 518 g/mol. The highest BCUT2D eigenvalue weighted by molar-refractivity contribution is 6.05. The van der Waals surface area contributed by atoms with Crippen LogP contribution >= 0.6 is 0 Å². The molecule has 1 aliphatic rings. The summed E-state index contributed by atoms with van der Waals surface area (Å²) in [6, 6.07) is 16.6. The van der Waals surface area contributed by atoms with Gasteiger partial charge in [-0.05, 0) is 60.2 Å². The monoisotopic (exact) mass is 553 g/mol. The van der Waals surface area contributed by atoms with Crippen molar-refractivity contribution in [3.05, 3.63) is 87.8 Å². The number of amides is 1. The summed E-state index contributed by atoms with van der Waals surface area (Å²) in [6.07, 6.45) is 1.88. The van der Waals surface area contributed by atoms with E-state index in [0.29, 0.717) is 53.9 Å². The largest absolute Gasteiger partial charge is 0.391 e. The van der Waals surface area contributed by atoms with Gasteiger partial charge in [0, 0.05) is 43.1 Å². The Morgan fingerprint density at radius 1 is 1.07 bits per heavy atom. The zero-order chi connectivity index (χ0) is 29.3. The molecule has 0 spiro atoms. The molecule has 41 heavy (non-hydrogen) atoms. The van der Waals surface area contributed by atoms with Crippen LogP contribution in [0.5, 0.6) is 0 Å². The van der Waals surface area contributed by atoms with E-state index in [1.54, 1.807) is 25.4 Å². The number of aryl methyl sites for hydroxylation is 1. The van der Waals surface area contributed by atoms with Crippen LogP contribution in [0.25, 0.3) is 11.3 Å². The average molecular weight is 554 g/mol. The van der Waals surface area contributed by atoms with Gasteiger partial charge in [0.15, 0.2) is 0 Å². The first-order chi connectivity index (χ1) is 19.5. The maximum absolute atomic E-state index is 13.1. The van der Waals surface area contributed by atoms with Crippen LogP contribution < -0.4 is 21.1 Å². The summed E-state index contributed by atoms with van der Waals surface area (Å²) in [5, 5.41) is 20.5. The minimum absolute atomic E-state index is 0.00359. The Kier molecular flexibility index (Phi) is 7.59. The fourth-order valence-corrected chi connectivity index (χ4v) is 4.83. The normalized spacial score (nSPS) is 15.2. The number of nitrogens with one attached hydrogen (secondary N) is 2. The van der Waals surface area contributed by atoms with Gasteiger partial charge in [-0.25, -0.2) is 9.67 Å². The van der Waals surface area contributed by atoms with Crippen LogP contribution in [0.15, 0.2) is 65.6 Å². The smallest absolute Gasteiger partial charge is 0.290 e. The van der Waals surface area contributed by atoms with Gasteiger partial charge < -0.3 is 20.6 Å². The molecule has 10 heteroatoms. The molecule has 1 fully saturated rings. The number of aromatic nitrogens is 4. The number of benzene rings is 2. The van der Waals surface area contributed by atoms with E-state index in [1.165, 1.54) is 4.68 Å². The molecule has 1 amide bonds. The van der Waals surface area contributed by atoms with Crippen molar-refractivity contribution in [2.24, 2.45) is 7.05 Å². The van der Waals surface area contributed by atoms with Crippen LogP contribution in [0, 0.1) is 6.92 Å². The standard InChI is InChI=1S/C31H35N7O3/c1-19-23(7-6-8-24(19)34-28(40)20-9-11-21(12-10-20)31(2,3)4)25-17-26(29(41)37(5)36-25)33-27-13-15-32-30(35-27)38-16-14-22(39)18-38/h6-13,15,17,22,39H,14,16,18H2,1-5H3,(H,34,40)(H,32,33,35). The molecule has 10 nitrogen and oxygen atoms in total. The van der Waals surface area contributed by atoms with Crippen molar-refractivity contribution < 1.29 is 9.90 Å². The average Bonchev–Trinajstić information content (AvgIpc) is 3.38. The summed E-state index contributed by atoms with van der Waals surface area (Å²) in [5.41, 5.74) is 4.54. The van der Waals surface area contributed by atoms with E-state index in [2.05, 4.69) is 46.5 Å². The van der Waals surface area contributed by atoms with Crippen LogP contribution in [0.4, 0.5) is 23.1 Å². The topological polar surface area (TPSA) is 125 Å².